The topological polar surface area (TPSA) is 17.8 Å². The number of rotatable bonds is 2. The van der Waals surface area contributed by atoms with Gasteiger partial charge in [-0.05, 0) is 46.5 Å². The summed E-state index contributed by atoms with van der Waals surface area (Å²) in [5.41, 5.74) is 4.45. The Morgan fingerprint density at radius 1 is 0.556 bits per heavy atom. The van der Waals surface area contributed by atoms with Crippen molar-refractivity contribution < 1.29 is 0 Å². The lowest BCUT2D eigenvalue weighted by atomic mass is 10.1. The van der Waals surface area contributed by atoms with E-state index in [1.165, 1.54) is 47.3 Å². The van der Waals surface area contributed by atoms with Crippen LogP contribution in [0, 0.1) is 0 Å². The molecule has 0 fully saturated rings. The first-order chi connectivity index (χ1) is 17.8. The third-order valence-electron chi connectivity index (χ3n) is 7.17. The summed E-state index contributed by atoms with van der Waals surface area (Å²) in [5.74, 6) is 0.980. The van der Waals surface area contributed by atoms with Crippen LogP contribution in [0.4, 0.5) is 0 Å². The second kappa shape index (κ2) is 7.51. The fourth-order valence-electron chi connectivity index (χ4n) is 5.51. The van der Waals surface area contributed by atoms with E-state index in [1.54, 1.807) is 0 Å². The molecular formula is C33H20N2S. The van der Waals surface area contributed by atoms with Crippen molar-refractivity contribution in [3.05, 3.63) is 121 Å². The number of hydrogen-bond acceptors (Lipinski definition) is 2. The summed E-state index contributed by atoms with van der Waals surface area (Å²) in [4.78, 5) is 5.31. The highest BCUT2D eigenvalue weighted by molar-refractivity contribution is 7.26. The molecule has 8 aromatic rings. The van der Waals surface area contributed by atoms with E-state index in [-0.39, 0.29) is 0 Å². The molecule has 0 aliphatic rings. The van der Waals surface area contributed by atoms with Gasteiger partial charge in [0.2, 0.25) is 0 Å². The first kappa shape index (κ1) is 19.8. The lowest BCUT2D eigenvalue weighted by Crippen LogP contribution is -1.99. The predicted octanol–water partition coefficient (Wildman–Crippen LogP) is 9.37. The van der Waals surface area contributed by atoms with E-state index in [9.17, 15) is 0 Å². The Bertz CT molecular complexity index is 2110. The summed E-state index contributed by atoms with van der Waals surface area (Å²) in [6, 6.07) is 43.5. The van der Waals surface area contributed by atoms with Crippen molar-refractivity contribution in [3.8, 4) is 17.1 Å². The van der Waals surface area contributed by atoms with E-state index in [0.717, 1.165) is 22.5 Å². The molecule has 2 heterocycles. The first-order valence-electron chi connectivity index (χ1n) is 12.2. The van der Waals surface area contributed by atoms with Gasteiger partial charge in [0.1, 0.15) is 5.82 Å². The number of hydrogen-bond donors (Lipinski definition) is 0. The molecule has 168 valence electrons. The predicted molar refractivity (Wildman–Crippen MR) is 154 cm³/mol. The lowest BCUT2D eigenvalue weighted by molar-refractivity contribution is 1.12. The van der Waals surface area contributed by atoms with Crippen LogP contribution in [0.15, 0.2) is 121 Å². The fourth-order valence-corrected chi connectivity index (χ4v) is 6.73. The number of fused-ring (bicyclic) bond motifs is 6. The summed E-state index contributed by atoms with van der Waals surface area (Å²) in [6.45, 7) is 0. The Labute approximate surface area is 211 Å². The molecule has 0 atom stereocenters. The molecule has 0 spiro atoms. The number of thiophene rings is 1. The van der Waals surface area contributed by atoms with E-state index in [0.29, 0.717) is 0 Å². The van der Waals surface area contributed by atoms with Crippen molar-refractivity contribution in [1.82, 2.24) is 9.55 Å². The minimum atomic E-state index is 0.980. The summed E-state index contributed by atoms with van der Waals surface area (Å²) in [6.07, 6.45) is 0. The first-order valence-corrected chi connectivity index (χ1v) is 13.0. The van der Waals surface area contributed by atoms with Gasteiger partial charge in [0, 0.05) is 31.1 Å². The summed E-state index contributed by atoms with van der Waals surface area (Å²) >= 11 is 1.85. The highest BCUT2D eigenvalue weighted by atomic mass is 32.1. The van der Waals surface area contributed by atoms with Crippen LogP contribution in [0.1, 0.15) is 0 Å². The molecule has 0 bridgehead atoms. The van der Waals surface area contributed by atoms with Gasteiger partial charge >= 0.3 is 0 Å². The summed E-state index contributed by atoms with van der Waals surface area (Å²) in [5, 5.41) is 7.46. The number of imidazole rings is 1. The minimum Gasteiger partial charge on any atom is -0.292 e. The molecule has 0 aliphatic heterocycles. The second-order valence-corrected chi connectivity index (χ2v) is 10.3. The highest BCUT2D eigenvalue weighted by Crippen LogP contribution is 2.42. The van der Waals surface area contributed by atoms with E-state index >= 15 is 0 Å². The average molecular weight is 477 g/mol. The van der Waals surface area contributed by atoms with Crippen molar-refractivity contribution in [2.45, 2.75) is 0 Å². The molecule has 36 heavy (non-hydrogen) atoms. The number of benzene rings is 6. The standard InChI is InChI=1S/C33H20N2S/c1-2-11-23-20-30-28(19-22(23)10-1)34-33(35(30)29-17-7-12-21-9-3-4-13-24(21)29)27-16-8-15-26-25-14-5-6-18-31(25)36-32(26)27/h1-20H. The zero-order valence-corrected chi connectivity index (χ0v) is 20.2. The molecular weight excluding hydrogens is 456 g/mol. The Balaban J connectivity index is 1.55. The van der Waals surface area contributed by atoms with Gasteiger partial charge in [0.25, 0.3) is 0 Å². The van der Waals surface area contributed by atoms with Crippen LogP contribution < -0.4 is 0 Å². The SMILES string of the molecule is c1ccc2cc3c(cc2c1)nc(-c1cccc2c1sc1ccccc12)n3-c1cccc2ccccc12. The third-order valence-corrected chi connectivity index (χ3v) is 8.39. The average Bonchev–Trinajstić information content (AvgIpc) is 3.49. The zero-order valence-electron chi connectivity index (χ0n) is 19.3. The van der Waals surface area contributed by atoms with Gasteiger partial charge in [-0.1, -0.05) is 91.0 Å². The molecule has 0 amide bonds. The Morgan fingerprint density at radius 3 is 2.11 bits per heavy atom. The molecule has 0 N–H and O–H groups in total. The van der Waals surface area contributed by atoms with Gasteiger partial charge in [0.05, 0.1) is 16.7 Å². The molecule has 0 unspecified atom stereocenters. The van der Waals surface area contributed by atoms with Crippen LogP contribution in [0.25, 0.3) is 69.8 Å². The van der Waals surface area contributed by atoms with Crippen LogP contribution in [0.2, 0.25) is 0 Å². The molecule has 0 aliphatic carbocycles. The van der Waals surface area contributed by atoms with Crippen molar-refractivity contribution in [2.75, 3.05) is 0 Å². The third kappa shape index (κ3) is 2.81. The highest BCUT2D eigenvalue weighted by Gasteiger charge is 2.20. The maximum absolute atomic E-state index is 5.31. The monoisotopic (exact) mass is 476 g/mol. The quantitative estimate of drug-likeness (QED) is 0.243. The van der Waals surface area contributed by atoms with Crippen molar-refractivity contribution in [1.29, 1.82) is 0 Å². The fraction of sp³-hybridized carbons (Fsp3) is 0. The Kier molecular flexibility index (Phi) is 4.13. The van der Waals surface area contributed by atoms with Gasteiger partial charge in [-0.3, -0.25) is 4.57 Å². The van der Waals surface area contributed by atoms with Crippen LogP contribution in [0.5, 0.6) is 0 Å². The number of nitrogens with zero attached hydrogens (tertiary/aromatic N) is 2. The van der Waals surface area contributed by atoms with Gasteiger partial charge < -0.3 is 0 Å². The van der Waals surface area contributed by atoms with E-state index < -0.39 is 0 Å². The van der Waals surface area contributed by atoms with Gasteiger partial charge in [-0.15, -0.1) is 11.3 Å². The molecule has 8 rings (SSSR count). The van der Waals surface area contributed by atoms with Crippen LogP contribution >= 0.6 is 11.3 Å². The smallest absolute Gasteiger partial charge is 0.147 e. The minimum absolute atomic E-state index is 0.980. The molecule has 0 saturated carbocycles. The van der Waals surface area contributed by atoms with Gasteiger partial charge in [-0.2, -0.15) is 0 Å². The summed E-state index contributed by atoms with van der Waals surface area (Å²) < 4.78 is 4.95. The van der Waals surface area contributed by atoms with E-state index in [4.69, 9.17) is 4.98 Å². The number of aromatic nitrogens is 2. The van der Waals surface area contributed by atoms with Gasteiger partial charge in [0.15, 0.2) is 0 Å². The van der Waals surface area contributed by atoms with Crippen LogP contribution in [-0.2, 0) is 0 Å². The van der Waals surface area contributed by atoms with Crippen molar-refractivity contribution in [2.24, 2.45) is 0 Å². The summed E-state index contributed by atoms with van der Waals surface area (Å²) in [7, 11) is 0. The van der Waals surface area contributed by atoms with Crippen LogP contribution in [0.3, 0.4) is 0 Å². The van der Waals surface area contributed by atoms with Crippen molar-refractivity contribution >= 4 is 64.1 Å². The molecule has 6 aromatic carbocycles. The maximum Gasteiger partial charge on any atom is 0.147 e. The van der Waals surface area contributed by atoms with Crippen molar-refractivity contribution in [3.63, 3.8) is 0 Å². The Morgan fingerprint density at radius 2 is 1.22 bits per heavy atom. The molecule has 2 nitrogen and oxygen atoms in total. The molecule has 0 saturated heterocycles. The van der Waals surface area contributed by atoms with E-state index in [1.807, 2.05) is 11.3 Å². The Hall–Kier alpha value is -4.47. The van der Waals surface area contributed by atoms with Crippen LogP contribution in [-0.4, -0.2) is 9.55 Å². The largest absolute Gasteiger partial charge is 0.292 e. The zero-order chi connectivity index (χ0) is 23.6. The van der Waals surface area contributed by atoms with E-state index in [2.05, 4.69) is 126 Å². The molecule has 2 aromatic heterocycles. The second-order valence-electron chi connectivity index (χ2n) is 9.24. The lowest BCUT2D eigenvalue weighted by Gasteiger charge is -2.13. The molecule has 3 heteroatoms. The normalized spacial score (nSPS) is 11.9. The maximum atomic E-state index is 5.31. The molecule has 0 radical (unpaired) electrons. The van der Waals surface area contributed by atoms with Gasteiger partial charge in [-0.25, -0.2) is 4.98 Å².